The molecule has 1 N–H and O–H groups in total. The van der Waals surface area contributed by atoms with Gasteiger partial charge in [0.2, 0.25) is 0 Å². The van der Waals surface area contributed by atoms with Crippen LogP contribution < -0.4 is 10.1 Å². The smallest absolute Gasteiger partial charge is 0.148 e. The summed E-state index contributed by atoms with van der Waals surface area (Å²) in [4.78, 5) is 0. The van der Waals surface area contributed by atoms with Crippen LogP contribution in [0.15, 0.2) is 43.7 Å². The van der Waals surface area contributed by atoms with E-state index < -0.39 is 0 Å². The van der Waals surface area contributed by atoms with Crippen LogP contribution >= 0.6 is 47.8 Å². The fraction of sp³-hybridized carbons (Fsp3) is 0.200. The lowest BCUT2D eigenvalue weighted by atomic mass is 10.2. The molecule has 2 aromatic carbocycles. The highest BCUT2D eigenvalue weighted by Crippen LogP contribution is 2.35. The Labute approximate surface area is 148 Å². The number of halogens is 4. The molecule has 0 unspecified atom stereocenters. The molecule has 2 nitrogen and oxygen atoms in total. The number of benzene rings is 2. The van der Waals surface area contributed by atoms with Crippen molar-refractivity contribution in [2.24, 2.45) is 0 Å². The maximum atomic E-state index is 13.5. The van der Waals surface area contributed by atoms with Crippen LogP contribution in [0, 0.1) is 5.82 Å². The molecule has 0 heterocycles. The van der Waals surface area contributed by atoms with Crippen LogP contribution in [-0.2, 0) is 13.2 Å². The van der Waals surface area contributed by atoms with Gasteiger partial charge >= 0.3 is 0 Å². The molecule has 112 valence electrons. The lowest BCUT2D eigenvalue weighted by molar-refractivity contribution is 0.300. The molecule has 0 radical (unpaired) electrons. The lowest BCUT2D eigenvalue weighted by Gasteiger charge is -2.13. The fourth-order valence-electron chi connectivity index (χ4n) is 1.87. The molecule has 0 aliphatic carbocycles. The van der Waals surface area contributed by atoms with Crippen molar-refractivity contribution in [3.05, 3.63) is 60.7 Å². The average molecular weight is 482 g/mol. The molecule has 0 saturated carbocycles. The van der Waals surface area contributed by atoms with E-state index >= 15 is 0 Å². The number of rotatable bonds is 5. The topological polar surface area (TPSA) is 21.3 Å². The summed E-state index contributed by atoms with van der Waals surface area (Å²) in [6.07, 6.45) is 0. The van der Waals surface area contributed by atoms with Crippen molar-refractivity contribution in [1.29, 1.82) is 0 Å². The zero-order chi connectivity index (χ0) is 15.4. The quantitative estimate of drug-likeness (QED) is 0.616. The molecule has 0 spiro atoms. The van der Waals surface area contributed by atoms with Crippen LogP contribution in [-0.4, -0.2) is 7.05 Å². The van der Waals surface area contributed by atoms with E-state index in [0.717, 1.165) is 26.6 Å². The van der Waals surface area contributed by atoms with Gasteiger partial charge in [-0.05, 0) is 78.6 Å². The lowest BCUT2D eigenvalue weighted by Crippen LogP contribution is -2.05. The van der Waals surface area contributed by atoms with Crippen LogP contribution in [0.5, 0.6) is 5.75 Å². The van der Waals surface area contributed by atoms with E-state index in [1.54, 1.807) is 6.07 Å². The minimum absolute atomic E-state index is 0.279. The van der Waals surface area contributed by atoms with E-state index in [0.29, 0.717) is 10.2 Å². The number of nitrogens with one attached hydrogen (secondary N) is 1. The van der Waals surface area contributed by atoms with Crippen molar-refractivity contribution >= 4 is 47.8 Å². The van der Waals surface area contributed by atoms with Gasteiger partial charge in [0.1, 0.15) is 18.2 Å². The largest absolute Gasteiger partial charge is 0.486 e. The van der Waals surface area contributed by atoms with Crippen LogP contribution in [0.3, 0.4) is 0 Å². The molecule has 2 rings (SSSR count). The predicted octanol–water partition coefficient (Wildman–Crippen LogP) is 5.41. The monoisotopic (exact) mass is 479 g/mol. The van der Waals surface area contributed by atoms with E-state index in [9.17, 15) is 4.39 Å². The van der Waals surface area contributed by atoms with Crippen molar-refractivity contribution in [3.63, 3.8) is 0 Å². The number of hydrogen-bond donors (Lipinski definition) is 1. The summed E-state index contributed by atoms with van der Waals surface area (Å²) in [7, 11) is 1.90. The molecule has 0 aromatic heterocycles. The molecular formula is C15H13Br3FNO. The van der Waals surface area contributed by atoms with Crippen molar-refractivity contribution < 1.29 is 9.13 Å². The first-order chi connectivity index (χ1) is 10.0. The molecule has 0 aliphatic rings. The maximum Gasteiger partial charge on any atom is 0.148 e. The summed E-state index contributed by atoms with van der Waals surface area (Å²) in [5, 5.41) is 3.10. The summed E-state index contributed by atoms with van der Waals surface area (Å²) in [5.41, 5.74) is 1.89. The zero-order valence-corrected chi connectivity index (χ0v) is 16.0. The van der Waals surface area contributed by atoms with E-state index in [1.165, 1.54) is 6.07 Å². The standard InChI is InChI=1S/C15H13Br3FNO/c1-20-7-9-5-11(16)15(12(17)6-9)21-8-10-3-2-4-13(19)14(10)18/h2-6,20H,7-8H2,1H3. The first kappa shape index (κ1) is 16.9. The third kappa shape index (κ3) is 4.28. The molecule has 21 heavy (non-hydrogen) atoms. The van der Waals surface area contributed by atoms with Gasteiger partial charge in [0, 0.05) is 12.1 Å². The van der Waals surface area contributed by atoms with Gasteiger partial charge in [-0.1, -0.05) is 12.1 Å². The van der Waals surface area contributed by atoms with Crippen LogP contribution in [0.4, 0.5) is 4.39 Å². The Kier molecular flexibility index (Phi) is 6.22. The summed E-state index contributed by atoms with van der Waals surface area (Å²) < 4.78 is 21.4. The van der Waals surface area contributed by atoms with Crippen molar-refractivity contribution in [3.8, 4) is 5.75 Å². The third-order valence-electron chi connectivity index (χ3n) is 2.84. The maximum absolute atomic E-state index is 13.5. The molecular weight excluding hydrogens is 469 g/mol. The highest BCUT2D eigenvalue weighted by molar-refractivity contribution is 9.11. The van der Waals surface area contributed by atoms with Gasteiger partial charge < -0.3 is 10.1 Å². The van der Waals surface area contributed by atoms with E-state index in [4.69, 9.17) is 4.74 Å². The summed E-state index contributed by atoms with van der Waals surface area (Å²) in [5.74, 6) is 0.407. The number of ether oxygens (including phenoxy) is 1. The highest BCUT2D eigenvalue weighted by atomic mass is 79.9. The Balaban J connectivity index is 2.18. The SMILES string of the molecule is CNCc1cc(Br)c(OCc2cccc(F)c2Br)c(Br)c1. The van der Waals surface area contributed by atoms with E-state index in [1.807, 2.05) is 25.2 Å². The third-order valence-corrected chi connectivity index (χ3v) is 4.91. The fourth-order valence-corrected chi connectivity index (χ4v) is 3.76. The van der Waals surface area contributed by atoms with Crippen LogP contribution in [0.25, 0.3) is 0 Å². The zero-order valence-electron chi connectivity index (χ0n) is 11.2. The average Bonchev–Trinajstić information content (AvgIpc) is 2.42. The van der Waals surface area contributed by atoms with Crippen LogP contribution in [0.2, 0.25) is 0 Å². The molecule has 0 aliphatic heterocycles. The van der Waals surface area contributed by atoms with E-state index in [-0.39, 0.29) is 12.4 Å². The molecule has 2 aromatic rings. The molecule has 0 atom stereocenters. The Morgan fingerprint density at radius 1 is 1.14 bits per heavy atom. The first-order valence-corrected chi connectivity index (χ1v) is 8.59. The van der Waals surface area contributed by atoms with Crippen LogP contribution in [0.1, 0.15) is 11.1 Å². The predicted molar refractivity (Wildman–Crippen MR) is 93.0 cm³/mol. The molecule has 0 bridgehead atoms. The second-order valence-corrected chi connectivity index (χ2v) is 6.92. The Morgan fingerprint density at radius 3 is 2.43 bits per heavy atom. The van der Waals surface area contributed by atoms with Gasteiger partial charge in [-0.15, -0.1) is 0 Å². The second-order valence-electron chi connectivity index (χ2n) is 4.42. The van der Waals surface area contributed by atoms with Gasteiger partial charge in [-0.2, -0.15) is 0 Å². The van der Waals surface area contributed by atoms with Gasteiger partial charge in [0.15, 0.2) is 0 Å². The molecule has 6 heteroatoms. The summed E-state index contributed by atoms with van der Waals surface area (Å²) in [6, 6.07) is 8.89. The molecule has 0 saturated heterocycles. The highest BCUT2D eigenvalue weighted by Gasteiger charge is 2.11. The van der Waals surface area contributed by atoms with Gasteiger partial charge in [0.05, 0.1) is 13.4 Å². The summed E-state index contributed by atoms with van der Waals surface area (Å²) in [6.45, 7) is 1.05. The van der Waals surface area contributed by atoms with Gasteiger partial charge in [-0.25, -0.2) is 4.39 Å². The van der Waals surface area contributed by atoms with Gasteiger partial charge in [0.25, 0.3) is 0 Å². The first-order valence-electron chi connectivity index (χ1n) is 6.21. The van der Waals surface area contributed by atoms with Crippen molar-refractivity contribution in [1.82, 2.24) is 5.32 Å². The minimum atomic E-state index is -0.293. The molecule has 0 amide bonds. The normalized spacial score (nSPS) is 10.7. The second kappa shape index (κ2) is 7.72. The van der Waals surface area contributed by atoms with Crippen molar-refractivity contribution in [2.75, 3.05) is 7.05 Å². The van der Waals surface area contributed by atoms with Gasteiger partial charge in [-0.3, -0.25) is 0 Å². The molecule has 0 fully saturated rings. The summed E-state index contributed by atoms with van der Waals surface area (Å²) >= 11 is 10.2. The Bertz CT molecular complexity index is 626. The van der Waals surface area contributed by atoms with Crippen molar-refractivity contribution in [2.45, 2.75) is 13.2 Å². The number of hydrogen-bond acceptors (Lipinski definition) is 2. The Hall–Kier alpha value is -0.430. The minimum Gasteiger partial charge on any atom is -0.486 e. The van der Waals surface area contributed by atoms with E-state index in [2.05, 4.69) is 53.1 Å². The Morgan fingerprint density at radius 2 is 1.81 bits per heavy atom.